The highest BCUT2D eigenvalue weighted by Gasteiger charge is 2.42. The summed E-state index contributed by atoms with van der Waals surface area (Å²) in [5.41, 5.74) is 2.57. The Kier molecular flexibility index (Phi) is 4.05. The number of hydrogen-bond acceptors (Lipinski definition) is 4. The molecule has 4 heterocycles. The molecule has 1 unspecified atom stereocenters. The van der Waals surface area contributed by atoms with E-state index in [1.807, 2.05) is 21.7 Å². The van der Waals surface area contributed by atoms with E-state index in [0.717, 1.165) is 43.0 Å². The Morgan fingerprint density at radius 3 is 2.75 bits per heavy atom. The van der Waals surface area contributed by atoms with Gasteiger partial charge in [-0.15, -0.1) is 0 Å². The van der Waals surface area contributed by atoms with E-state index in [4.69, 9.17) is 0 Å². The summed E-state index contributed by atoms with van der Waals surface area (Å²) in [5.74, 6) is 0.0623. The SMILES string of the molecule is CN1C(=O)NC(c2ccsc2)C2=C1CN(CCN1CCCC1)C2=O. The van der Waals surface area contributed by atoms with Crippen molar-refractivity contribution in [2.24, 2.45) is 0 Å². The minimum Gasteiger partial charge on any atom is -0.332 e. The average molecular weight is 346 g/mol. The molecule has 0 saturated carbocycles. The van der Waals surface area contributed by atoms with Crippen LogP contribution in [-0.4, -0.2) is 66.4 Å². The van der Waals surface area contributed by atoms with E-state index < -0.39 is 0 Å². The molecule has 3 aliphatic rings. The predicted octanol–water partition coefficient (Wildman–Crippen LogP) is 1.64. The molecule has 1 aromatic rings. The number of carbonyl (C=O) groups excluding carboxylic acids is 2. The van der Waals surface area contributed by atoms with Crippen LogP contribution in [0.25, 0.3) is 0 Å². The van der Waals surface area contributed by atoms with Crippen LogP contribution in [0.2, 0.25) is 0 Å². The van der Waals surface area contributed by atoms with E-state index in [1.54, 1.807) is 23.3 Å². The van der Waals surface area contributed by atoms with Crippen molar-refractivity contribution in [3.05, 3.63) is 33.7 Å². The van der Waals surface area contributed by atoms with Gasteiger partial charge in [0.1, 0.15) is 0 Å². The first-order valence-corrected chi connectivity index (χ1v) is 9.40. The first-order chi connectivity index (χ1) is 11.6. The monoisotopic (exact) mass is 346 g/mol. The van der Waals surface area contributed by atoms with Crippen molar-refractivity contribution in [3.8, 4) is 0 Å². The molecule has 1 aromatic heterocycles. The first kappa shape index (κ1) is 15.7. The molecule has 1 fully saturated rings. The number of nitrogens with zero attached hydrogens (tertiary/aromatic N) is 3. The molecule has 3 amide bonds. The van der Waals surface area contributed by atoms with Gasteiger partial charge in [0.05, 0.1) is 23.9 Å². The van der Waals surface area contributed by atoms with Gasteiger partial charge in [0.2, 0.25) is 0 Å². The number of hydrogen-bond donors (Lipinski definition) is 1. The lowest BCUT2D eigenvalue weighted by molar-refractivity contribution is -0.125. The molecule has 1 atom stereocenters. The minimum absolute atomic E-state index is 0.0623. The van der Waals surface area contributed by atoms with Crippen molar-refractivity contribution in [3.63, 3.8) is 0 Å². The summed E-state index contributed by atoms with van der Waals surface area (Å²) in [7, 11) is 1.74. The number of nitrogens with one attached hydrogen (secondary N) is 1. The summed E-state index contributed by atoms with van der Waals surface area (Å²) in [4.78, 5) is 31.1. The summed E-state index contributed by atoms with van der Waals surface area (Å²) in [5, 5.41) is 6.94. The number of amides is 3. The van der Waals surface area contributed by atoms with Crippen LogP contribution in [-0.2, 0) is 4.79 Å². The predicted molar refractivity (Wildman–Crippen MR) is 92.6 cm³/mol. The molecule has 0 aliphatic carbocycles. The zero-order chi connectivity index (χ0) is 16.7. The zero-order valence-corrected chi connectivity index (χ0v) is 14.6. The second kappa shape index (κ2) is 6.22. The van der Waals surface area contributed by atoms with E-state index in [9.17, 15) is 9.59 Å². The lowest BCUT2D eigenvalue weighted by Gasteiger charge is -2.30. The van der Waals surface area contributed by atoms with Crippen LogP contribution in [0.15, 0.2) is 28.1 Å². The van der Waals surface area contributed by atoms with Gasteiger partial charge in [-0.2, -0.15) is 11.3 Å². The van der Waals surface area contributed by atoms with Gasteiger partial charge >= 0.3 is 6.03 Å². The maximum atomic E-state index is 13.0. The Labute approximate surface area is 145 Å². The largest absolute Gasteiger partial charge is 0.332 e. The summed E-state index contributed by atoms with van der Waals surface area (Å²) >= 11 is 1.58. The molecule has 128 valence electrons. The quantitative estimate of drug-likeness (QED) is 0.902. The van der Waals surface area contributed by atoms with Gasteiger partial charge in [-0.3, -0.25) is 9.69 Å². The third kappa shape index (κ3) is 2.61. The van der Waals surface area contributed by atoms with Crippen LogP contribution >= 0.6 is 11.3 Å². The average Bonchev–Trinajstić information content (AvgIpc) is 3.31. The van der Waals surface area contributed by atoms with Gasteiger partial charge in [-0.1, -0.05) is 0 Å². The van der Waals surface area contributed by atoms with E-state index in [2.05, 4.69) is 10.2 Å². The van der Waals surface area contributed by atoms with Crippen LogP contribution in [0.4, 0.5) is 4.79 Å². The van der Waals surface area contributed by atoms with Crippen LogP contribution in [0.5, 0.6) is 0 Å². The maximum Gasteiger partial charge on any atom is 0.322 e. The smallest absolute Gasteiger partial charge is 0.322 e. The Balaban J connectivity index is 1.55. The standard InChI is InChI=1S/C17H22N4O2S/c1-19-13-10-21(8-7-20-5-2-3-6-20)16(22)14(13)15(18-17(19)23)12-4-9-24-11-12/h4,9,11,15H,2-3,5-8,10H2,1H3,(H,18,23). The van der Waals surface area contributed by atoms with Crippen LogP contribution in [0.3, 0.4) is 0 Å². The van der Waals surface area contributed by atoms with E-state index in [-0.39, 0.29) is 18.0 Å². The molecule has 3 aliphatic heterocycles. The maximum absolute atomic E-state index is 13.0. The van der Waals surface area contributed by atoms with Gasteiger partial charge in [0, 0.05) is 20.1 Å². The number of likely N-dealkylation sites (tertiary alicyclic amines) is 1. The van der Waals surface area contributed by atoms with Crippen LogP contribution in [0.1, 0.15) is 24.4 Å². The Bertz CT molecular complexity index is 679. The third-order valence-electron chi connectivity index (χ3n) is 5.20. The van der Waals surface area contributed by atoms with Crippen molar-refractivity contribution >= 4 is 23.3 Å². The highest BCUT2D eigenvalue weighted by Crippen LogP contribution is 2.36. The summed E-state index contributed by atoms with van der Waals surface area (Å²) in [6, 6.07) is 1.52. The fourth-order valence-corrected chi connectivity index (χ4v) is 4.45. The van der Waals surface area contributed by atoms with Gasteiger partial charge in [-0.05, 0) is 48.3 Å². The summed E-state index contributed by atoms with van der Waals surface area (Å²) in [6.45, 7) is 4.44. The normalized spacial score (nSPS) is 24.8. The van der Waals surface area contributed by atoms with Gasteiger partial charge in [0.15, 0.2) is 0 Å². The number of likely N-dealkylation sites (N-methyl/N-ethyl adjacent to an activating group) is 1. The Morgan fingerprint density at radius 2 is 2.04 bits per heavy atom. The number of carbonyl (C=O) groups is 2. The molecule has 0 spiro atoms. The molecule has 0 bridgehead atoms. The van der Waals surface area contributed by atoms with Crippen molar-refractivity contribution in [1.82, 2.24) is 20.0 Å². The molecule has 0 radical (unpaired) electrons. The molecule has 24 heavy (non-hydrogen) atoms. The summed E-state index contributed by atoms with van der Waals surface area (Å²) < 4.78 is 0. The molecule has 4 rings (SSSR count). The van der Waals surface area contributed by atoms with Crippen molar-refractivity contribution in [2.75, 3.05) is 39.8 Å². The molecule has 0 aromatic carbocycles. The lowest BCUT2D eigenvalue weighted by Crippen LogP contribution is -2.45. The van der Waals surface area contributed by atoms with Crippen LogP contribution < -0.4 is 5.32 Å². The zero-order valence-electron chi connectivity index (χ0n) is 13.8. The highest BCUT2D eigenvalue weighted by molar-refractivity contribution is 7.08. The molecular formula is C17H22N4O2S. The Hall–Kier alpha value is -1.86. The van der Waals surface area contributed by atoms with Gasteiger partial charge < -0.3 is 15.1 Å². The minimum atomic E-state index is -0.320. The molecule has 7 heteroatoms. The fraction of sp³-hybridized carbons (Fsp3) is 0.529. The van der Waals surface area contributed by atoms with Crippen molar-refractivity contribution in [1.29, 1.82) is 0 Å². The number of rotatable bonds is 4. The molecule has 1 saturated heterocycles. The molecule has 6 nitrogen and oxygen atoms in total. The van der Waals surface area contributed by atoms with Gasteiger partial charge in [-0.25, -0.2) is 4.79 Å². The van der Waals surface area contributed by atoms with E-state index in [1.165, 1.54) is 12.8 Å². The number of urea groups is 1. The van der Waals surface area contributed by atoms with Crippen molar-refractivity contribution < 1.29 is 9.59 Å². The van der Waals surface area contributed by atoms with Gasteiger partial charge in [0.25, 0.3) is 5.91 Å². The van der Waals surface area contributed by atoms with Crippen molar-refractivity contribution in [2.45, 2.75) is 18.9 Å². The Morgan fingerprint density at radius 1 is 1.25 bits per heavy atom. The van der Waals surface area contributed by atoms with E-state index in [0.29, 0.717) is 6.54 Å². The highest BCUT2D eigenvalue weighted by atomic mass is 32.1. The topological polar surface area (TPSA) is 55.9 Å². The van der Waals surface area contributed by atoms with Crippen LogP contribution in [0, 0.1) is 0 Å². The second-order valence-electron chi connectivity index (χ2n) is 6.63. The fourth-order valence-electron chi connectivity index (χ4n) is 3.76. The molecule has 1 N–H and O–H groups in total. The third-order valence-corrected chi connectivity index (χ3v) is 5.90. The number of thiophene rings is 1. The summed E-state index contributed by atoms with van der Waals surface area (Å²) in [6.07, 6.45) is 2.51. The first-order valence-electron chi connectivity index (χ1n) is 8.46. The molecular weight excluding hydrogens is 324 g/mol. The lowest BCUT2D eigenvalue weighted by atomic mass is 9.98. The van der Waals surface area contributed by atoms with E-state index >= 15 is 0 Å². The second-order valence-corrected chi connectivity index (χ2v) is 7.41.